The van der Waals surface area contributed by atoms with Gasteiger partial charge in [0.2, 0.25) is 0 Å². The fraction of sp³-hybridized carbons (Fsp3) is 0.500. The van der Waals surface area contributed by atoms with Crippen LogP contribution < -0.4 is 0 Å². The normalized spacial score (nSPS) is 16.3. The van der Waals surface area contributed by atoms with Gasteiger partial charge in [0, 0.05) is 25.4 Å². The number of aliphatic hydroxyl groups excluding tert-OH is 1. The second kappa shape index (κ2) is 9.39. The highest BCUT2D eigenvalue weighted by Crippen LogP contribution is 2.14. The minimum Gasteiger partial charge on any atom is -0.389 e. The molecule has 3 atom stereocenters. The molecule has 0 amide bonds. The van der Waals surface area contributed by atoms with E-state index in [0.29, 0.717) is 19.0 Å². The summed E-state index contributed by atoms with van der Waals surface area (Å²) in [5.41, 5.74) is 1.04. The van der Waals surface area contributed by atoms with Gasteiger partial charge in [0.15, 0.2) is 5.82 Å². The summed E-state index contributed by atoms with van der Waals surface area (Å²) in [6.07, 6.45) is 5.96. The molecule has 0 saturated carbocycles. The first kappa shape index (κ1) is 17.5. The molecular weight excluding hydrogens is 268 g/mol. The topological polar surface area (TPSA) is 64.5 Å². The minimum atomic E-state index is -0.625. The van der Waals surface area contributed by atoms with Crippen molar-refractivity contribution in [1.82, 2.24) is 9.97 Å². The highest BCUT2D eigenvalue weighted by molar-refractivity contribution is 5.04. The molecule has 0 fully saturated rings. The Labute approximate surface area is 126 Å². The van der Waals surface area contributed by atoms with E-state index in [1.807, 2.05) is 19.9 Å². The Morgan fingerprint density at radius 2 is 2.10 bits per heavy atom. The predicted octanol–water partition coefficient (Wildman–Crippen LogP) is 2.14. The van der Waals surface area contributed by atoms with Crippen LogP contribution in [0, 0.1) is 5.92 Å². The summed E-state index contributed by atoms with van der Waals surface area (Å²) in [6, 6.07) is 1.77. The molecule has 0 saturated heterocycles. The van der Waals surface area contributed by atoms with Gasteiger partial charge in [0.05, 0.1) is 12.7 Å². The molecule has 0 aromatic carbocycles. The number of nitrogens with zero attached hydrogens (tertiary/aromatic N) is 2. The van der Waals surface area contributed by atoms with Gasteiger partial charge < -0.3 is 14.6 Å². The first-order valence-electron chi connectivity index (χ1n) is 6.92. The third-order valence-electron chi connectivity index (χ3n) is 3.11. The van der Waals surface area contributed by atoms with Crippen molar-refractivity contribution in [2.75, 3.05) is 13.7 Å². The van der Waals surface area contributed by atoms with E-state index in [9.17, 15) is 5.11 Å². The lowest BCUT2D eigenvalue weighted by Crippen LogP contribution is -2.31. The summed E-state index contributed by atoms with van der Waals surface area (Å²) < 4.78 is 10.7. The van der Waals surface area contributed by atoms with Crippen molar-refractivity contribution in [3.8, 4) is 0 Å². The van der Waals surface area contributed by atoms with Crippen LogP contribution in [0.2, 0.25) is 0 Å². The number of hydrogen-bond acceptors (Lipinski definition) is 5. The molecular formula is C16H24N2O3. The highest BCUT2D eigenvalue weighted by atomic mass is 16.5. The summed E-state index contributed by atoms with van der Waals surface area (Å²) in [5, 5.41) is 10.1. The van der Waals surface area contributed by atoms with Gasteiger partial charge in [-0.05, 0) is 13.0 Å². The van der Waals surface area contributed by atoms with E-state index in [-0.39, 0.29) is 12.0 Å². The van der Waals surface area contributed by atoms with Crippen LogP contribution in [0.4, 0.5) is 0 Å². The molecule has 0 aliphatic heterocycles. The Kier molecular flexibility index (Phi) is 7.82. The molecule has 21 heavy (non-hydrogen) atoms. The van der Waals surface area contributed by atoms with Gasteiger partial charge in [0.25, 0.3) is 0 Å². The number of methoxy groups -OCH3 is 1. The van der Waals surface area contributed by atoms with E-state index in [0.717, 1.165) is 5.57 Å². The SMILES string of the molecule is C=CC(OC)[C@@H](O)[C@H](C)/C=C(/C)COCc1ncccn1. The lowest BCUT2D eigenvalue weighted by molar-refractivity contribution is -0.00171. The van der Waals surface area contributed by atoms with Gasteiger partial charge in [0.1, 0.15) is 12.7 Å². The highest BCUT2D eigenvalue weighted by Gasteiger charge is 2.20. The fourth-order valence-corrected chi connectivity index (χ4v) is 1.98. The van der Waals surface area contributed by atoms with E-state index < -0.39 is 6.10 Å². The van der Waals surface area contributed by atoms with Gasteiger partial charge in [-0.15, -0.1) is 6.58 Å². The second-order valence-corrected chi connectivity index (χ2v) is 4.96. The quantitative estimate of drug-likeness (QED) is 0.706. The molecule has 0 bridgehead atoms. The Bertz CT molecular complexity index is 448. The first-order valence-corrected chi connectivity index (χ1v) is 6.92. The molecule has 1 aromatic heterocycles. The zero-order valence-electron chi connectivity index (χ0n) is 12.9. The van der Waals surface area contributed by atoms with E-state index >= 15 is 0 Å². The van der Waals surface area contributed by atoms with Crippen molar-refractivity contribution < 1.29 is 14.6 Å². The van der Waals surface area contributed by atoms with E-state index in [2.05, 4.69) is 16.5 Å². The average Bonchev–Trinajstić information content (AvgIpc) is 2.49. The van der Waals surface area contributed by atoms with Gasteiger partial charge in [-0.3, -0.25) is 0 Å². The average molecular weight is 292 g/mol. The zero-order valence-corrected chi connectivity index (χ0v) is 12.9. The van der Waals surface area contributed by atoms with Gasteiger partial charge >= 0.3 is 0 Å². The van der Waals surface area contributed by atoms with Crippen molar-refractivity contribution >= 4 is 0 Å². The maximum absolute atomic E-state index is 10.1. The smallest absolute Gasteiger partial charge is 0.153 e. The van der Waals surface area contributed by atoms with Crippen LogP contribution in [-0.4, -0.2) is 41.0 Å². The van der Waals surface area contributed by atoms with Crippen LogP contribution in [0.1, 0.15) is 19.7 Å². The maximum Gasteiger partial charge on any atom is 0.153 e. The number of rotatable bonds is 9. The Morgan fingerprint density at radius 1 is 1.43 bits per heavy atom. The summed E-state index contributed by atoms with van der Waals surface area (Å²) in [5.74, 6) is 0.606. The van der Waals surface area contributed by atoms with Gasteiger partial charge in [-0.2, -0.15) is 0 Å². The minimum absolute atomic E-state index is 0.0514. The molecule has 1 rings (SSSR count). The third kappa shape index (κ3) is 6.16. The summed E-state index contributed by atoms with van der Waals surface area (Å²) in [7, 11) is 1.56. The fourth-order valence-electron chi connectivity index (χ4n) is 1.98. The number of aromatic nitrogens is 2. The number of ether oxygens (including phenoxy) is 2. The van der Waals surface area contributed by atoms with E-state index in [4.69, 9.17) is 9.47 Å². The van der Waals surface area contributed by atoms with Crippen molar-refractivity contribution in [1.29, 1.82) is 0 Å². The molecule has 0 spiro atoms. The first-order chi connectivity index (χ1) is 10.1. The van der Waals surface area contributed by atoms with Crippen molar-refractivity contribution in [3.05, 3.63) is 48.6 Å². The lowest BCUT2D eigenvalue weighted by atomic mass is 9.97. The van der Waals surface area contributed by atoms with Crippen LogP contribution in [0.3, 0.4) is 0 Å². The molecule has 116 valence electrons. The summed E-state index contributed by atoms with van der Waals surface area (Å²) in [4.78, 5) is 8.17. The Balaban J connectivity index is 2.43. The molecule has 1 heterocycles. The van der Waals surface area contributed by atoms with Crippen LogP contribution in [0.5, 0.6) is 0 Å². The Hall–Kier alpha value is -1.56. The van der Waals surface area contributed by atoms with Crippen LogP contribution in [-0.2, 0) is 16.1 Å². The monoisotopic (exact) mass is 292 g/mol. The third-order valence-corrected chi connectivity index (χ3v) is 3.11. The molecule has 0 aliphatic rings. The van der Waals surface area contributed by atoms with E-state index in [1.165, 1.54) is 0 Å². The van der Waals surface area contributed by atoms with Crippen molar-refractivity contribution in [3.63, 3.8) is 0 Å². The molecule has 5 nitrogen and oxygen atoms in total. The zero-order chi connectivity index (χ0) is 15.7. The molecule has 1 unspecified atom stereocenters. The molecule has 1 N–H and O–H groups in total. The molecule has 1 aromatic rings. The van der Waals surface area contributed by atoms with Crippen LogP contribution in [0.15, 0.2) is 42.8 Å². The summed E-state index contributed by atoms with van der Waals surface area (Å²) in [6.45, 7) is 8.40. The van der Waals surface area contributed by atoms with Crippen LogP contribution in [0.25, 0.3) is 0 Å². The molecule has 0 radical (unpaired) electrons. The molecule has 5 heteroatoms. The lowest BCUT2D eigenvalue weighted by Gasteiger charge is -2.22. The number of aliphatic hydroxyl groups is 1. The Morgan fingerprint density at radius 3 is 2.67 bits per heavy atom. The summed E-state index contributed by atoms with van der Waals surface area (Å²) >= 11 is 0. The van der Waals surface area contributed by atoms with Crippen molar-refractivity contribution in [2.45, 2.75) is 32.7 Å². The predicted molar refractivity (Wildman–Crippen MR) is 81.6 cm³/mol. The second-order valence-electron chi connectivity index (χ2n) is 4.96. The maximum atomic E-state index is 10.1. The number of hydrogen-bond donors (Lipinski definition) is 1. The van der Waals surface area contributed by atoms with Gasteiger partial charge in [-0.1, -0.05) is 24.6 Å². The van der Waals surface area contributed by atoms with Crippen LogP contribution >= 0.6 is 0 Å². The van der Waals surface area contributed by atoms with Crippen molar-refractivity contribution in [2.24, 2.45) is 5.92 Å². The van der Waals surface area contributed by atoms with E-state index in [1.54, 1.807) is 31.6 Å². The standard InChI is InChI=1S/C16H24N2O3/c1-5-14(20-4)16(19)13(3)9-12(2)10-21-11-15-17-7-6-8-18-15/h5-9,13-14,16,19H,1,10-11H2,2-4H3/b12-9-/t13-,14?,16+/m1/s1. The molecule has 0 aliphatic carbocycles. The van der Waals surface area contributed by atoms with Gasteiger partial charge in [-0.25, -0.2) is 9.97 Å². The largest absolute Gasteiger partial charge is 0.389 e.